The van der Waals surface area contributed by atoms with E-state index in [1.54, 1.807) is 0 Å². The Morgan fingerprint density at radius 1 is 1.32 bits per heavy atom. The normalized spacial score (nSPS) is 29.6. The highest BCUT2D eigenvalue weighted by Crippen LogP contribution is 2.33. The van der Waals surface area contributed by atoms with Crippen LogP contribution in [0.2, 0.25) is 0 Å². The monoisotopic (exact) mass is 258 g/mol. The molecular weight excluding hydrogens is 236 g/mol. The van der Waals surface area contributed by atoms with Crippen LogP contribution in [0.4, 0.5) is 0 Å². The van der Waals surface area contributed by atoms with Gasteiger partial charge < -0.3 is 10.2 Å². The second-order valence-electron chi connectivity index (χ2n) is 6.10. The summed E-state index contributed by atoms with van der Waals surface area (Å²) in [6, 6.07) is 6.87. The Balaban J connectivity index is 1.90. The fraction of sp³-hybridized carbons (Fsp3) is 0.562. The Labute approximate surface area is 115 Å². The summed E-state index contributed by atoms with van der Waals surface area (Å²) in [4.78, 5) is 14.9. The van der Waals surface area contributed by atoms with E-state index < -0.39 is 0 Å². The number of carbonyl (C=O) groups excluding carboxylic acids is 1. The molecule has 0 aliphatic carbocycles. The predicted octanol–water partition coefficient (Wildman–Crippen LogP) is 2.13. The highest BCUT2D eigenvalue weighted by molar-refractivity contribution is 5.96. The molecule has 0 radical (unpaired) electrons. The van der Waals surface area contributed by atoms with Gasteiger partial charge in [0.25, 0.3) is 5.91 Å². The first-order valence-electron chi connectivity index (χ1n) is 7.18. The number of hydrogen-bond acceptors (Lipinski definition) is 2. The molecule has 2 saturated heterocycles. The first kappa shape index (κ1) is 12.7. The van der Waals surface area contributed by atoms with Crippen LogP contribution in [0.5, 0.6) is 0 Å². The molecule has 0 saturated carbocycles. The molecule has 1 N–H and O–H groups in total. The molecule has 3 heteroatoms. The van der Waals surface area contributed by atoms with Crippen molar-refractivity contribution in [3.63, 3.8) is 0 Å². The maximum absolute atomic E-state index is 12.8. The van der Waals surface area contributed by atoms with Crippen LogP contribution < -0.4 is 5.32 Å². The number of benzene rings is 1. The number of nitrogens with one attached hydrogen (secondary N) is 1. The van der Waals surface area contributed by atoms with Gasteiger partial charge in [0.05, 0.1) is 0 Å². The fourth-order valence-corrected chi connectivity index (χ4v) is 3.71. The lowest BCUT2D eigenvalue weighted by molar-refractivity contribution is 0.0681. The van der Waals surface area contributed by atoms with Gasteiger partial charge in [-0.05, 0) is 44.7 Å². The molecule has 3 unspecified atom stereocenters. The highest BCUT2D eigenvalue weighted by atomic mass is 16.2. The molecule has 1 aromatic carbocycles. The Bertz CT molecular complexity index is 511. The van der Waals surface area contributed by atoms with E-state index in [9.17, 15) is 4.79 Å². The largest absolute Gasteiger partial charge is 0.331 e. The third-order valence-electron chi connectivity index (χ3n) is 4.63. The van der Waals surface area contributed by atoms with E-state index in [1.807, 2.05) is 19.1 Å². The number of likely N-dealkylation sites (tertiary alicyclic amines) is 1. The maximum atomic E-state index is 12.8. The molecule has 0 spiro atoms. The molecule has 2 aliphatic rings. The van der Waals surface area contributed by atoms with E-state index in [-0.39, 0.29) is 5.91 Å². The van der Waals surface area contributed by atoms with Gasteiger partial charge in [0.15, 0.2) is 0 Å². The van der Waals surface area contributed by atoms with E-state index in [1.165, 1.54) is 5.56 Å². The molecule has 2 heterocycles. The van der Waals surface area contributed by atoms with Crippen molar-refractivity contribution in [3.05, 3.63) is 34.9 Å². The summed E-state index contributed by atoms with van der Waals surface area (Å²) in [7, 11) is 0. The zero-order chi connectivity index (χ0) is 13.6. The van der Waals surface area contributed by atoms with Crippen LogP contribution in [0.15, 0.2) is 18.2 Å². The summed E-state index contributed by atoms with van der Waals surface area (Å²) >= 11 is 0. The summed E-state index contributed by atoms with van der Waals surface area (Å²) in [5, 5.41) is 3.41. The van der Waals surface area contributed by atoms with Crippen molar-refractivity contribution in [1.29, 1.82) is 0 Å². The number of nitrogens with zero attached hydrogens (tertiary/aromatic N) is 1. The van der Waals surface area contributed by atoms with E-state index in [4.69, 9.17) is 0 Å². The van der Waals surface area contributed by atoms with Gasteiger partial charge in [-0.3, -0.25) is 4.79 Å². The third kappa shape index (κ3) is 2.06. The average Bonchev–Trinajstić information content (AvgIpc) is 2.87. The number of hydrogen-bond donors (Lipinski definition) is 1. The second-order valence-corrected chi connectivity index (χ2v) is 6.10. The Morgan fingerprint density at radius 2 is 2.11 bits per heavy atom. The number of amides is 1. The standard InChI is InChI=1S/C16H22N2O/c1-10-4-5-14(11(2)6-10)16(19)18-12(3)7-13-8-17-9-15(13)18/h4-6,12-13,15,17H,7-9H2,1-3H3. The first-order valence-corrected chi connectivity index (χ1v) is 7.18. The van der Waals surface area contributed by atoms with Crippen molar-refractivity contribution in [2.45, 2.75) is 39.3 Å². The second kappa shape index (κ2) is 4.64. The van der Waals surface area contributed by atoms with Crippen LogP contribution in [0.25, 0.3) is 0 Å². The summed E-state index contributed by atoms with van der Waals surface area (Å²) in [6.45, 7) is 8.29. The molecule has 3 rings (SSSR count). The molecule has 0 bridgehead atoms. The lowest BCUT2D eigenvalue weighted by Crippen LogP contribution is -2.43. The zero-order valence-corrected chi connectivity index (χ0v) is 11.9. The summed E-state index contributed by atoms with van der Waals surface area (Å²) in [5.41, 5.74) is 3.17. The van der Waals surface area contributed by atoms with Crippen LogP contribution in [0.1, 0.15) is 34.8 Å². The van der Waals surface area contributed by atoms with E-state index in [0.29, 0.717) is 18.0 Å². The molecule has 3 atom stereocenters. The molecular formula is C16H22N2O. The lowest BCUT2D eigenvalue weighted by Gasteiger charge is -2.28. The topological polar surface area (TPSA) is 32.3 Å². The summed E-state index contributed by atoms with van der Waals surface area (Å²) in [6.07, 6.45) is 1.13. The van der Waals surface area contributed by atoms with Crippen LogP contribution >= 0.6 is 0 Å². The van der Waals surface area contributed by atoms with Crippen molar-refractivity contribution in [1.82, 2.24) is 10.2 Å². The lowest BCUT2D eigenvalue weighted by atomic mass is 10.0. The first-order chi connectivity index (χ1) is 9.08. The SMILES string of the molecule is Cc1ccc(C(=O)N2C(C)CC3CNCC32)c(C)c1. The van der Waals surface area contributed by atoms with Gasteiger partial charge in [0.1, 0.15) is 0 Å². The minimum atomic E-state index is 0.209. The van der Waals surface area contributed by atoms with E-state index in [2.05, 4.69) is 30.1 Å². The summed E-state index contributed by atoms with van der Waals surface area (Å²) < 4.78 is 0. The summed E-state index contributed by atoms with van der Waals surface area (Å²) in [5.74, 6) is 0.853. The average molecular weight is 258 g/mol. The molecule has 2 fully saturated rings. The van der Waals surface area contributed by atoms with Gasteiger partial charge in [0.2, 0.25) is 0 Å². The minimum absolute atomic E-state index is 0.209. The molecule has 19 heavy (non-hydrogen) atoms. The highest BCUT2D eigenvalue weighted by Gasteiger charge is 2.44. The maximum Gasteiger partial charge on any atom is 0.254 e. The Hall–Kier alpha value is -1.35. The van der Waals surface area contributed by atoms with Crippen molar-refractivity contribution in [3.8, 4) is 0 Å². The van der Waals surface area contributed by atoms with Crippen molar-refractivity contribution >= 4 is 5.91 Å². The zero-order valence-electron chi connectivity index (χ0n) is 11.9. The van der Waals surface area contributed by atoms with E-state index >= 15 is 0 Å². The van der Waals surface area contributed by atoms with Crippen molar-refractivity contribution in [2.24, 2.45) is 5.92 Å². The van der Waals surface area contributed by atoms with Gasteiger partial charge >= 0.3 is 0 Å². The number of fused-ring (bicyclic) bond motifs is 1. The van der Waals surface area contributed by atoms with Crippen LogP contribution in [0.3, 0.4) is 0 Å². The molecule has 102 valence electrons. The fourth-order valence-electron chi connectivity index (χ4n) is 3.71. The number of rotatable bonds is 1. The molecule has 1 aromatic rings. The molecule has 2 aliphatic heterocycles. The van der Waals surface area contributed by atoms with Crippen LogP contribution in [-0.2, 0) is 0 Å². The van der Waals surface area contributed by atoms with Crippen LogP contribution in [0, 0.1) is 19.8 Å². The quantitative estimate of drug-likeness (QED) is 0.837. The van der Waals surface area contributed by atoms with E-state index in [0.717, 1.165) is 30.6 Å². The minimum Gasteiger partial charge on any atom is -0.331 e. The smallest absolute Gasteiger partial charge is 0.254 e. The van der Waals surface area contributed by atoms with Gasteiger partial charge in [-0.25, -0.2) is 0 Å². The molecule has 1 amide bonds. The van der Waals surface area contributed by atoms with Gasteiger partial charge in [0, 0.05) is 30.7 Å². The molecule has 0 aromatic heterocycles. The van der Waals surface area contributed by atoms with Crippen LogP contribution in [-0.4, -0.2) is 36.0 Å². The predicted molar refractivity (Wildman–Crippen MR) is 76.3 cm³/mol. The number of aryl methyl sites for hydroxylation is 2. The van der Waals surface area contributed by atoms with Crippen molar-refractivity contribution < 1.29 is 4.79 Å². The Kier molecular flexibility index (Phi) is 3.09. The van der Waals surface area contributed by atoms with Gasteiger partial charge in [-0.2, -0.15) is 0 Å². The molecule has 3 nitrogen and oxygen atoms in total. The van der Waals surface area contributed by atoms with Gasteiger partial charge in [-0.1, -0.05) is 17.7 Å². The number of carbonyl (C=O) groups is 1. The third-order valence-corrected chi connectivity index (χ3v) is 4.63. The van der Waals surface area contributed by atoms with Crippen molar-refractivity contribution in [2.75, 3.05) is 13.1 Å². The van der Waals surface area contributed by atoms with Gasteiger partial charge in [-0.15, -0.1) is 0 Å². The Morgan fingerprint density at radius 3 is 2.84 bits per heavy atom.